The molecule has 0 fully saturated rings. The zero-order valence-electron chi connectivity index (χ0n) is 31.4. The Balaban J connectivity index is 4.28. The minimum absolute atomic E-state index is 0.0455. The molecule has 0 aromatic carbocycles. The van der Waals surface area contributed by atoms with Crippen LogP contribution in [0.2, 0.25) is 0 Å². The first-order valence-corrected chi connectivity index (χ1v) is 20.2. The lowest BCUT2D eigenvalue weighted by molar-refractivity contribution is -0.143. The van der Waals surface area contributed by atoms with Gasteiger partial charge in [0.1, 0.15) is 0 Å². The Morgan fingerprint density at radius 3 is 1.43 bits per heavy atom. The summed E-state index contributed by atoms with van der Waals surface area (Å²) in [5.74, 6) is -0.171. The van der Waals surface area contributed by atoms with Gasteiger partial charge in [-0.1, -0.05) is 168 Å². The maximum atomic E-state index is 13.8. The lowest BCUT2D eigenvalue weighted by Gasteiger charge is -2.32. The highest BCUT2D eigenvalue weighted by Gasteiger charge is 2.31. The van der Waals surface area contributed by atoms with Crippen molar-refractivity contribution >= 4 is 5.91 Å². The number of methoxy groups -OCH3 is 1. The molecule has 46 heavy (non-hydrogen) atoms. The van der Waals surface area contributed by atoms with Gasteiger partial charge in [0.15, 0.2) is 0 Å². The van der Waals surface area contributed by atoms with E-state index in [1.54, 1.807) is 12.0 Å². The van der Waals surface area contributed by atoms with Crippen LogP contribution in [0.25, 0.3) is 0 Å². The molecule has 2 N–H and O–H groups in total. The number of rotatable bonds is 37. The van der Waals surface area contributed by atoms with Crippen molar-refractivity contribution in [2.24, 2.45) is 5.92 Å². The largest absolute Gasteiger partial charge is 0.394 e. The van der Waals surface area contributed by atoms with Crippen LogP contribution in [0.1, 0.15) is 194 Å². The van der Waals surface area contributed by atoms with E-state index in [1.807, 2.05) is 0 Å². The van der Waals surface area contributed by atoms with Crippen LogP contribution in [0.5, 0.6) is 0 Å². The van der Waals surface area contributed by atoms with E-state index in [0.29, 0.717) is 13.2 Å². The van der Waals surface area contributed by atoms with Gasteiger partial charge >= 0.3 is 0 Å². The maximum Gasteiger partial charge on any atom is 0.228 e. The van der Waals surface area contributed by atoms with Crippen LogP contribution < -0.4 is 0 Å². The molecule has 0 aliphatic heterocycles. The average Bonchev–Trinajstić information content (AvgIpc) is 3.07. The SMILES string of the molecule is CCCCCCCCCCCCCCCCOCCCN(CC(O)CO)C(=O)C(CCCCCCCCCCCC)C(CC)OC. The van der Waals surface area contributed by atoms with Crippen molar-refractivity contribution in [1.29, 1.82) is 0 Å². The Morgan fingerprint density at radius 2 is 1.02 bits per heavy atom. The number of amides is 1. The Labute approximate surface area is 287 Å². The average molecular weight is 656 g/mol. The third kappa shape index (κ3) is 27.3. The zero-order valence-corrected chi connectivity index (χ0v) is 31.4. The fourth-order valence-electron chi connectivity index (χ4n) is 6.63. The fourth-order valence-corrected chi connectivity index (χ4v) is 6.63. The molecule has 0 heterocycles. The van der Waals surface area contributed by atoms with Gasteiger partial charge in [-0.15, -0.1) is 0 Å². The second-order valence-corrected chi connectivity index (χ2v) is 13.9. The number of ether oxygens (including phenoxy) is 2. The summed E-state index contributed by atoms with van der Waals surface area (Å²) in [5.41, 5.74) is 0. The molecule has 3 atom stereocenters. The van der Waals surface area contributed by atoms with Crippen molar-refractivity contribution in [2.45, 2.75) is 206 Å². The van der Waals surface area contributed by atoms with Crippen LogP contribution in [0.3, 0.4) is 0 Å². The molecule has 0 bridgehead atoms. The third-order valence-electron chi connectivity index (χ3n) is 9.65. The van der Waals surface area contributed by atoms with Crippen LogP contribution in [-0.2, 0) is 14.3 Å². The number of carbonyl (C=O) groups is 1. The van der Waals surface area contributed by atoms with E-state index in [1.165, 1.54) is 135 Å². The highest BCUT2D eigenvalue weighted by molar-refractivity contribution is 5.79. The number of aliphatic hydroxyl groups excluding tert-OH is 2. The van der Waals surface area contributed by atoms with Crippen LogP contribution in [0.4, 0.5) is 0 Å². The lowest BCUT2D eigenvalue weighted by atomic mass is 9.91. The van der Waals surface area contributed by atoms with Gasteiger partial charge in [0.05, 0.1) is 24.7 Å². The summed E-state index contributed by atoms with van der Waals surface area (Å²) in [6.07, 6.45) is 32.9. The summed E-state index contributed by atoms with van der Waals surface area (Å²) in [4.78, 5) is 15.5. The number of nitrogens with zero attached hydrogens (tertiary/aromatic N) is 1. The van der Waals surface area contributed by atoms with Crippen LogP contribution in [0.15, 0.2) is 0 Å². The van der Waals surface area contributed by atoms with Crippen LogP contribution in [0, 0.1) is 5.92 Å². The van der Waals surface area contributed by atoms with E-state index < -0.39 is 6.10 Å². The van der Waals surface area contributed by atoms with Gasteiger partial charge in [0, 0.05) is 33.4 Å². The van der Waals surface area contributed by atoms with Gasteiger partial charge in [-0.05, 0) is 25.7 Å². The van der Waals surface area contributed by atoms with Gasteiger partial charge in [0.25, 0.3) is 0 Å². The number of aliphatic hydroxyl groups is 2. The topological polar surface area (TPSA) is 79.2 Å². The van der Waals surface area contributed by atoms with E-state index >= 15 is 0 Å². The molecule has 6 nitrogen and oxygen atoms in total. The molecule has 0 aliphatic rings. The maximum absolute atomic E-state index is 13.8. The quantitative estimate of drug-likeness (QED) is 0.0651. The monoisotopic (exact) mass is 656 g/mol. The van der Waals surface area contributed by atoms with E-state index in [2.05, 4.69) is 20.8 Å². The summed E-state index contributed by atoms with van der Waals surface area (Å²) in [6.45, 7) is 8.34. The Morgan fingerprint density at radius 1 is 0.609 bits per heavy atom. The molecule has 276 valence electrons. The summed E-state index contributed by atoms with van der Waals surface area (Å²) in [5, 5.41) is 19.7. The lowest BCUT2D eigenvalue weighted by Crippen LogP contribution is -2.46. The molecular formula is C40H81NO5. The van der Waals surface area contributed by atoms with Gasteiger partial charge in [-0.3, -0.25) is 4.79 Å². The third-order valence-corrected chi connectivity index (χ3v) is 9.65. The predicted octanol–water partition coefficient (Wildman–Crippen LogP) is 10.4. The molecule has 1 amide bonds. The highest BCUT2D eigenvalue weighted by atomic mass is 16.5. The van der Waals surface area contributed by atoms with Crippen molar-refractivity contribution in [2.75, 3.05) is 40.0 Å². The zero-order chi connectivity index (χ0) is 33.9. The van der Waals surface area contributed by atoms with E-state index in [4.69, 9.17) is 9.47 Å². The first-order valence-electron chi connectivity index (χ1n) is 20.2. The van der Waals surface area contributed by atoms with Crippen molar-refractivity contribution < 1.29 is 24.5 Å². The predicted molar refractivity (Wildman–Crippen MR) is 196 cm³/mol. The molecule has 0 rings (SSSR count). The van der Waals surface area contributed by atoms with Gasteiger partial charge in [-0.25, -0.2) is 0 Å². The van der Waals surface area contributed by atoms with E-state index in [0.717, 1.165) is 45.1 Å². The summed E-state index contributed by atoms with van der Waals surface area (Å²) in [7, 11) is 1.70. The number of hydrogen-bond acceptors (Lipinski definition) is 5. The van der Waals surface area contributed by atoms with Crippen molar-refractivity contribution in [3.63, 3.8) is 0 Å². The molecule has 0 radical (unpaired) electrons. The summed E-state index contributed by atoms with van der Waals surface area (Å²) >= 11 is 0. The Kier molecular flexibility index (Phi) is 35.1. The minimum Gasteiger partial charge on any atom is -0.394 e. The Hall–Kier alpha value is -0.690. The van der Waals surface area contributed by atoms with E-state index in [-0.39, 0.29) is 31.1 Å². The fraction of sp³-hybridized carbons (Fsp3) is 0.975. The second kappa shape index (κ2) is 35.6. The highest BCUT2D eigenvalue weighted by Crippen LogP contribution is 2.23. The smallest absolute Gasteiger partial charge is 0.228 e. The number of unbranched alkanes of at least 4 members (excludes halogenated alkanes) is 22. The number of carbonyl (C=O) groups excluding carboxylic acids is 1. The van der Waals surface area contributed by atoms with Gasteiger partial charge in [-0.2, -0.15) is 0 Å². The molecule has 0 saturated heterocycles. The number of hydrogen-bond donors (Lipinski definition) is 2. The normalized spacial score (nSPS) is 13.6. The molecule has 3 unspecified atom stereocenters. The minimum atomic E-state index is -0.930. The molecule has 0 spiro atoms. The van der Waals surface area contributed by atoms with Crippen molar-refractivity contribution in [3.05, 3.63) is 0 Å². The standard InChI is InChI=1S/C40H81NO5/c1-5-8-10-12-14-16-18-19-20-21-23-25-27-29-33-46-34-30-32-41(35-37(43)36-42)40(44)38(39(7-3)45-4)31-28-26-24-22-17-15-13-11-9-6-2/h37-39,42-43H,5-36H2,1-4H3. The van der Waals surface area contributed by atoms with E-state index in [9.17, 15) is 15.0 Å². The molecular weight excluding hydrogens is 574 g/mol. The van der Waals surface area contributed by atoms with Crippen LogP contribution >= 0.6 is 0 Å². The van der Waals surface area contributed by atoms with Crippen LogP contribution in [-0.4, -0.2) is 73.2 Å². The summed E-state index contributed by atoms with van der Waals surface area (Å²) in [6, 6.07) is 0. The molecule has 6 heteroatoms. The summed E-state index contributed by atoms with van der Waals surface area (Å²) < 4.78 is 11.7. The Bertz CT molecular complexity index is 614. The van der Waals surface area contributed by atoms with Crippen molar-refractivity contribution in [3.8, 4) is 0 Å². The first kappa shape index (κ1) is 45.3. The van der Waals surface area contributed by atoms with Crippen molar-refractivity contribution in [1.82, 2.24) is 4.90 Å². The molecule has 0 saturated carbocycles. The molecule has 0 aromatic heterocycles. The first-order chi connectivity index (χ1) is 22.5. The molecule has 0 aliphatic carbocycles. The van der Waals surface area contributed by atoms with Gasteiger partial charge in [0.2, 0.25) is 5.91 Å². The van der Waals surface area contributed by atoms with Gasteiger partial charge < -0.3 is 24.6 Å². The second-order valence-electron chi connectivity index (χ2n) is 13.9. The molecule has 0 aromatic rings.